The fraction of sp³-hybridized carbons (Fsp3) is 0.290. The Morgan fingerprint density at radius 1 is 0.895 bits per heavy atom. The van der Waals surface area contributed by atoms with Crippen molar-refractivity contribution in [1.82, 2.24) is 20.3 Å². The maximum absolute atomic E-state index is 13.9. The number of likely N-dealkylation sites (N-methyl/N-ethyl adjacent to an activating group) is 2. The van der Waals surface area contributed by atoms with Gasteiger partial charge in [-0.05, 0) is 35.6 Å². The first-order valence-corrected chi connectivity index (χ1v) is 13.1. The van der Waals surface area contributed by atoms with E-state index in [0.29, 0.717) is 25.9 Å². The van der Waals surface area contributed by atoms with E-state index in [9.17, 15) is 14.7 Å². The van der Waals surface area contributed by atoms with Crippen molar-refractivity contribution >= 4 is 22.8 Å². The molecular formula is C31H36N4O3. The molecule has 7 heteroatoms. The van der Waals surface area contributed by atoms with Gasteiger partial charge in [0.05, 0.1) is 6.42 Å². The number of nitrogens with one attached hydrogen (secondary N) is 2. The van der Waals surface area contributed by atoms with Crippen LogP contribution in [-0.4, -0.2) is 57.6 Å². The number of aromatic amines is 1. The standard InChI is InChI=1S/C31H36N4O3/c1-3-35(33-26(20-30(36)37)19-25-21-32-28-17-11-10-16-27(25)28)29(18-23-12-6-4-7-13-23)31(38)34(2)22-24-14-8-5-9-15-24/h4-17,21,26,29,32-33H,3,18-20,22H2,1-2H3,(H,36,37)/t26-,29?/m0/s1. The lowest BCUT2D eigenvalue weighted by Gasteiger charge is -2.36. The first-order chi connectivity index (χ1) is 18.4. The summed E-state index contributed by atoms with van der Waals surface area (Å²) in [6, 6.07) is 27.0. The second kappa shape index (κ2) is 13.0. The van der Waals surface area contributed by atoms with Crippen molar-refractivity contribution in [3.63, 3.8) is 0 Å². The Balaban J connectivity index is 1.58. The Labute approximate surface area is 224 Å². The van der Waals surface area contributed by atoms with Crippen LogP contribution in [0.4, 0.5) is 0 Å². The number of aromatic nitrogens is 1. The summed E-state index contributed by atoms with van der Waals surface area (Å²) in [5.74, 6) is -0.904. The Hall–Kier alpha value is -3.94. The number of amides is 1. The Kier molecular flexibility index (Phi) is 9.30. The average Bonchev–Trinajstić information content (AvgIpc) is 3.33. The molecule has 1 heterocycles. The van der Waals surface area contributed by atoms with Gasteiger partial charge in [-0.15, -0.1) is 0 Å². The lowest BCUT2D eigenvalue weighted by atomic mass is 10.0. The van der Waals surface area contributed by atoms with E-state index in [1.807, 2.05) is 110 Å². The van der Waals surface area contributed by atoms with Gasteiger partial charge < -0.3 is 15.0 Å². The molecule has 7 nitrogen and oxygen atoms in total. The molecule has 0 aliphatic carbocycles. The van der Waals surface area contributed by atoms with Crippen molar-refractivity contribution in [1.29, 1.82) is 0 Å². The van der Waals surface area contributed by atoms with Crippen LogP contribution in [0.15, 0.2) is 91.1 Å². The van der Waals surface area contributed by atoms with Crippen LogP contribution in [-0.2, 0) is 29.0 Å². The number of hydrogen-bond donors (Lipinski definition) is 3. The highest BCUT2D eigenvalue weighted by Gasteiger charge is 2.30. The van der Waals surface area contributed by atoms with Crippen LogP contribution in [0.3, 0.4) is 0 Å². The number of hydrogen-bond acceptors (Lipinski definition) is 4. The number of carbonyl (C=O) groups excluding carboxylic acids is 1. The Morgan fingerprint density at radius 2 is 1.53 bits per heavy atom. The van der Waals surface area contributed by atoms with Gasteiger partial charge in [0.25, 0.3) is 0 Å². The highest BCUT2D eigenvalue weighted by Crippen LogP contribution is 2.21. The number of H-pyrrole nitrogens is 1. The molecule has 38 heavy (non-hydrogen) atoms. The number of carboxylic acid groups (broad SMARTS) is 1. The Bertz CT molecular complexity index is 1320. The minimum atomic E-state index is -0.884. The van der Waals surface area contributed by atoms with Crippen LogP contribution in [0.5, 0.6) is 0 Å². The second-order valence-corrected chi connectivity index (χ2v) is 9.66. The predicted molar refractivity (Wildman–Crippen MR) is 150 cm³/mol. The van der Waals surface area contributed by atoms with Gasteiger partial charge in [0.2, 0.25) is 5.91 Å². The zero-order valence-corrected chi connectivity index (χ0v) is 22.0. The summed E-state index contributed by atoms with van der Waals surface area (Å²) in [4.78, 5) is 30.7. The number of nitrogens with zero attached hydrogens (tertiary/aromatic N) is 2. The van der Waals surface area contributed by atoms with Gasteiger partial charge in [-0.2, -0.15) is 0 Å². The first-order valence-electron chi connectivity index (χ1n) is 13.1. The molecule has 0 saturated carbocycles. The van der Waals surface area contributed by atoms with Gasteiger partial charge in [0.1, 0.15) is 6.04 Å². The largest absolute Gasteiger partial charge is 0.481 e. The highest BCUT2D eigenvalue weighted by molar-refractivity contribution is 5.83. The lowest BCUT2D eigenvalue weighted by molar-refractivity contribution is -0.139. The van der Waals surface area contributed by atoms with E-state index in [1.165, 1.54) is 0 Å². The van der Waals surface area contributed by atoms with Crippen LogP contribution in [0.1, 0.15) is 30.0 Å². The second-order valence-electron chi connectivity index (χ2n) is 9.66. The van der Waals surface area contributed by atoms with E-state index >= 15 is 0 Å². The molecule has 0 radical (unpaired) electrons. The molecule has 4 aromatic rings. The van der Waals surface area contributed by atoms with Crippen molar-refractivity contribution in [2.24, 2.45) is 0 Å². The van der Waals surface area contributed by atoms with E-state index < -0.39 is 18.1 Å². The van der Waals surface area contributed by atoms with Crippen LogP contribution in [0.25, 0.3) is 10.9 Å². The third-order valence-electron chi connectivity index (χ3n) is 6.82. The minimum absolute atomic E-state index is 0.0202. The van der Waals surface area contributed by atoms with Crippen molar-refractivity contribution in [3.05, 3.63) is 108 Å². The zero-order valence-electron chi connectivity index (χ0n) is 22.0. The number of fused-ring (bicyclic) bond motifs is 1. The average molecular weight is 513 g/mol. The molecule has 198 valence electrons. The normalized spacial score (nSPS) is 12.9. The monoisotopic (exact) mass is 512 g/mol. The molecule has 0 bridgehead atoms. The Morgan fingerprint density at radius 3 is 2.18 bits per heavy atom. The number of hydrazine groups is 1. The van der Waals surface area contributed by atoms with Crippen molar-refractivity contribution < 1.29 is 14.7 Å². The quantitative estimate of drug-likeness (QED) is 0.227. The number of benzene rings is 3. The summed E-state index contributed by atoms with van der Waals surface area (Å²) in [6.45, 7) is 3.02. The summed E-state index contributed by atoms with van der Waals surface area (Å²) in [6.07, 6.45) is 2.89. The molecule has 0 aliphatic rings. The van der Waals surface area contributed by atoms with Gasteiger partial charge >= 0.3 is 5.97 Å². The van der Waals surface area contributed by atoms with Gasteiger partial charge in [-0.1, -0.05) is 85.8 Å². The molecule has 0 spiro atoms. The van der Waals surface area contributed by atoms with Gasteiger partial charge in [-0.3, -0.25) is 15.0 Å². The summed E-state index contributed by atoms with van der Waals surface area (Å²) in [5, 5.41) is 12.7. The molecule has 0 saturated heterocycles. The molecule has 1 amide bonds. The minimum Gasteiger partial charge on any atom is -0.481 e. The molecule has 1 unspecified atom stereocenters. The van der Waals surface area contributed by atoms with Crippen LogP contribution < -0.4 is 5.43 Å². The fourth-order valence-corrected chi connectivity index (χ4v) is 4.93. The van der Waals surface area contributed by atoms with Crippen molar-refractivity contribution in [2.75, 3.05) is 13.6 Å². The molecule has 1 aromatic heterocycles. The summed E-state index contributed by atoms with van der Waals surface area (Å²) >= 11 is 0. The summed E-state index contributed by atoms with van der Waals surface area (Å²) in [7, 11) is 1.82. The topological polar surface area (TPSA) is 88.7 Å². The first kappa shape index (κ1) is 27.1. The number of aliphatic carboxylic acids is 1. The summed E-state index contributed by atoms with van der Waals surface area (Å²) in [5.41, 5.74) is 7.61. The van der Waals surface area contributed by atoms with E-state index in [2.05, 4.69) is 10.4 Å². The predicted octanol–water partition coefficient (Wildman–Crippen LogP) is 4.65. The maximum Gasteiger partial charge on any atom is 0.304 e. The summed E-state index contributed by atoms with van der Waals surface area (Å²) < 4.78 is 0. The molecule has 3 aromatic carbocycles. The third kappa shape index (κ3) is 7.09. The van der Waals surface area contributed by atoms with Gasteiger partial charge in [-0.25, -0.2) is 5.01 Å². The van der Waals surface area contributed by atoms with Gasteiger partial charge in [0.15, 0.2) is 0 Å². The van der Waals surface area contributed by atoms with E-state index in [1.54, 1.807) is 4.90 Å². The number of rotatable bonds is 13. The van der Waals surface area contributed by atoms with Gasteiger partial charge in [0, 0.05) is 43.3 Å². The molecule has 0 fully saturated rings. The zero-order chi connectivity index (χ0) is 26.9. The molecular weight excluding hydrogens is 476 g/mol. The van der Waals surface area contributed by atoms with Crippen LogP contribution >= 0.6 is 0 Å². The SMILES string of the molecule is CCN(N[C@H](CC(=O)O)Cc1c[nH]c2ccccc12)C(Cc1ccccc1)C(=O)N(C)Cc1ccccc1. The van der Waals surface area contributed by atoms with Crippen molar-refractivity contribution in [3.8, 4) is 0 Å². The van der Waals surface area contributed by atoms with E-state index in [4.69, 9.17) is 0 Å². The third-order valence-corrected chi connectivity index (χ3v) is 6.82. The number of carbonyl (C=O) groups is 2. The molecule has 0 aliphatic heterocycles. The maximum atomic E-state index is 13.9. The van der Waals surface area contributed by atoms with Crippen LogP contribution in [0.2, 0.25) is 0 Å². The smallest absolute Gasteiger partial charge is 0.304 e. The highest BCUT2D eigenvalue weighted by atomic mass is 16.4. The molecule has 2 atom stereocenters. The van der Waals surface area contributed by atoms with Crippen molar-refractivity contribution in [2.45, 2.75) is 44.8 Å². The molecule has 3 N–H and O–H groups in total. The van der Waals surface area contributed by atoms with Crippen LogP contribution in [0, 0.1) is 0 Å². The van der Waals surface area contributed by atoms with E-state index in [0.717, 1.165) is 27.6 Å². The molecule has 4 rings (SSSR count). The lowest BCUT2D eigenvalue weighted by Crippen LogP contribution is -2.57. The van der Waals surface area contributed by atoms with E-state index in [-0.39, 0.29) is 12.3 Å². The number of para-hydroxylation sites is 1. The number of carboxylic acids is 1. The fourth-order valence-electron chi connectivity index (χ4n) is 4.93.